The monoisotopic (exact) mass is 297 g/mol. The van der Waals surface area contributed by atoms with Crippen LogP contribution in [0.3, 0.4) is 0 Å². The fourth-order valence-electron chi connectivity index (χ4n) is 3.28. The molecular weight excluding hydrogens is 270 g/mol. The third-order valence-corrected chi connectivity index (χ3v) is 5.07. The number of carboxylic acid groups (broad SMARTS) is 1. The van der Waals surface area contributed by atoms with Gasteiger partial charge in [0.05, 0.1) is 5.41 Å². The Balaban J connectivity index is 1.92. The maximum absolute atomic E-state index is 12.5. The largest absolute Gasteiger partial charge is 0.481 e. The van der Waals surface area contributed by atoms with Crippen LogP contribution in [0.5, 0.6) is 0 Å². The van der Waals surface area contributed by atoms with Gasteiger partial charge in [0.25, 0.3) is 0 Å². The topological polar surface area (TPSA) is 64.1 Å². The Morgan fingerprint density at radius 3 is 2.14 bits per heavy atom. The lowest BCUT2D eigenvalue weighted by molar-refractivity contribution is -0.148. The summed E-state index contributed by atoms with van der Waals surface area (Å²) in [6.45, 7) is 10.4. The first-order chi connectivity index (χ1) is 9.89. The number of carbonyl (C=O) groups excluding carboxylic acids is 1. The summed E-state index contributed by atoms with van der Waals surface area (Å²) in [5.74, 6) is -0.773. The normalized spacial score (nSPS) is 27.4. The second-order valence-electron chi connectivity index (χ2n) is 6.51. The Morgan fingerprint density at radius 1 is 1.10 bits per heavy atom. The van der Waals surface area contributed by atoms with E-state index in [1.54, 1.807) is 4.90 Å². The molecule has 0 aromatic rings. The van der Waals surface area contributed by atoms with Gasteiger partial charge >= 0.3 is 12.0 Å². The van der Waals surface area contributed by atoms with E-state index in [1.807, 2.05) is 11.8 Å². The molecule has 2 amide bonds. The van der Waals surface area contributed by atoms with Crippen molar-refractivity contribution in [1.29, 1.82) is 0 Å². The van der Waals surface area contributed by atoms with E-state index in [9.17, 15) is 14.7 Å². The second kappa shape index (κ2) is 6.22. The molecule has 0 radical (unpaired) electrons. The lowest BCUT2D eigenvalue weighted by atomic mass is 9.84. The molecule has 2 aliphatic heterocycles. The molecule has 0 bridgehead atoms. The van der Waals surface area contributed by atoms with Crippen molar-refractivity contribution in [2.75, 3.05) is 39.3 Å². The number of carboxylic acids is 1. The van der Waals surface area contributed by atoms with Crippen molar-refractivity contribution in [1.82, 2.24) is 14.7 Å². The van der Waals surface area contributed by atoms with Crippen LogP contribution in [-0.4, -0.2) is 77.1 Å². The summed E-state index contributed by atoms with van der Waals surface area (Å²) in [6, 6.07) is 0.517. The standard InChI is InChI=1S/C15H27N3O3/c1-4-15(13(19)20)5-6-18(11-15)14(21)17-9-7-16(8-10-17)12(2)3/h12H,4-11H2,1-3H3,(H,19,20). The Labute approximate surface area is 126 Å². The van der Waals surface area contributed by atoms with E-state index >= 15 is 0 Å². The first-order valence-corrected chi connectivity index (χ1v) is 7.91. The van der Waals surface area contributed by atoms with E-state index in [4.69, 9.17) is 0 Å². The molecule has 21 heavy (non-hydrogen) atoms. The summed E-state index contributed by atoms with van der Waals surface area (Å²) in [7, 11) is 0. The summed E-state index contributed by atoms with van der Waals surface area (Å²) in [5, 5.41) is 9.41. The van der Waals surface area contributed by atoms with E-state index in [-0.39, 0.29) is 6.03 Å². The second-order valence-corrected chi connectivity index (χ2v) is 6.51. The fraction of sp³-hybridized carbons (Fsp3) is 0.867. The first-order valence-electron chi connectivity index (χ1n) is 7.91. The predicted molar refractivity (Wildman–Crippen MR) is 80.2 cm³/mol. The highest BCUT2D eigenvalue weighted by molar-refractivity contribution is 5.79. The van der Waals surface area contributed by atoms with Crippen molar-refractivity contribution in [2.24, 2.45) is 5.41 Å². The van der Waals surface area contributed by atoms with Gasteiger partial charge < -0.3 is 14.9 Å². The van der Waals surface area contributed by atoms with Crippen LogP contribution in [0.2, 0.25) is 0 Å². The average Bonchev–Trinajstić information content (AvgIpc) is 2.92. The Morgan fingerprint density at radius 2 is 1.71 bits per heavy atom. The molecule has 2 fully saturated rings. The number of likely N-dealkylation sites (tertiary alicyclic amines) is 1. The van der Waals surface area contributed by atoms with Gasteiger partial charge in [0, 0.05) is 45.3 Å². The number of amides is 2. The molecule has 1 unspecified atom stereocenters. The van der Waals surface area contributed by atoms with E-state index in [0.717, 1.165) is 26.2 Å². The minimum absolute atomic E-state index is 0.00924. The van der Waals surface area contributed by atoms with Crippen LogP contribution in [-0.2, 0) is 4.79 Å². The molecule has 0 aromatic heterocycles. The number of rotatable bonds is 3. The maximum atomic E-state index is 12.5. The SMILES string of the molecule is CCC1(C(=O)O)CCN(C(=O)N2CCN(C(C)C)CC2)C1. The molecule has 6 heteroatoms. The minimum atomic E-state index is -0.773. The molecular formula is C15H27N3O3. The molecule has 2 aliphatic rings. The molecule has 2 saturated heterocycles. The summed E-state index contributed by atoms with van der Waals surface area (Å²) in [5.41, 5.74) is -0.741. The Bertz CT molecular complexity index is 405. The predicted octanol–water partition coefficient (Wildman–Crippen LogP) is 1.32. The molecule has 1 N–H and O–H groups in total. The van der Waals surface area contributed by atoms with Crippen molar-refractivity contribution in [2.45, 2.75) is 39.7 Å². The number of hydrogen-bond acceptors (Lipinski definition) is 3. The zero-order valence-corrected chi connectivity index (χ0v) is 13.3. The van der Waals surface area contributed by atoms with Gasteiger partial charge in [-0.3, -0.25) is 9.69 Å². The number of nitrogens with zero attached hydrogens (tertiary/aromatic N) is 3. The van der Waals surface area contributed by atoms with E-state index in [0.29, 0.717) is 32.0 Å². The van der Waals surface area contributed by atoms with Gasteiger partial charge in [-0.25, -0.2) is 4.79 Å². The Kier molecular flexibility index (Phi) is 4.76. The van der Waals surface area contributed by atoms with Crippen molar-refractivity contribution < 1.29 is 14.7 Å². The van der Waals surface area contributed by atoms with Gasteiger partial charge in [-0.05, 0) is 26.7 Å². The lowest BCUT2D eigenvalue weighted by Crippen LogP contribution is -2.54. The summed E-state index contributed by atoms with van der Waals surface area (Å²) < 4.78 is 0. The van der Waals surface area contributed by atoms with Crippen LogP contribution in [0.15, 0.2) is 0 Å². The molecule has 2 heterocycles. The Hall–Kier alpha value is -1.30. The van der Waals surface area contributed by atoms with Crippen molar-refractivity contribution in [3.8, 4) is 0 Å². The lowest BCUT2D eigenvalue weighted by Gasteiger charge is -2.38. The minimum Gasteiger partial charge on any atom is -0.481 e. The molecule has 0 spiro atoms. The molecule has 6 nitrogen and oxygen atoms in total. The summed E-state index contributed by atoms with van der Waals surface area (Å²) in [6.07, 6.45) is 1.14. The van der Waals surface area contributed by atoms with Crippen LogP contribution < -0.4 is 0 Å². The molecule has 0 aromatic carbocycles. The number of hydrogen-bond donors (Lipinski definition) is 1. The van der Waals surface area contributed by atoms with E-state index in [2.05, 4.69) is 18.7 Å². The third kappa shape index (κ3) is 3.15. The fourth-order valence-corrected chi connectivity index (χ4v) is 3.28. The highest BCUT2D eigenvalue weighted by Crippen LogP contribution is 2.34. The first kappa shape index (κ1) is 16.1. The van der Waals surface area contributed by atoms with Gasteiger partial charge in [0.2, 0.25) is 0 Å². The van der Waals surface area contributed by atoms with Gasteiger partial charge in [-0.2, -0.15) is 0 Å². The quantitative estimate of drug-likeness (QED) is 0.853. The van der Waals surface area contributed by atoms with Crippen molar-refractivity contribution in [3.05, 3.63) is 0 Å². The molecule has 1 atom stereocenters. The molecule has 120 valence electrons. The van der Waals surface area contributed by atoms with Gasteiger partial charge in [0.15, 0.2) is 0 Å². The van der Waals surface area contributed by atoms with Crippen LogP contribution in [0.4, 0.5) is 4.79 Å². The average molecular weight is 297 g/mol. The summed E-state index contributed by atoms with van der Waals surface area (Å²) >= 11 is 0. The number of aliphatic carboxylic acids is 1. The molecule has 0 aliphatic carbocycles. The van der Waals surface area contributed by atoms with E-state index in [1.165, 1.54) is 0 Å². The number of urea groups is 1. The highest BCUT2D eigenvalue weighted by Gasteiger charge is 2.45. The highest BCUT2D eigenvalue weighted by atomic mass is 16.4. The third-order valence-electron chi connectivity index (χ3n) is 5.07. The van der Waals surface area contributed by atoms with Gasteiger partial charge in [-0.1, -0.05) is 6.92 Å². The zero-order valence-electron chi connectivity index (χ0n) is 13.3. The van der Waals surface area contributed by atoms with E-state index < -0.39 is 11.4 Å². The molecule has 0 saturated carbocycles. The van der Waals surface area contributed by atoms with Crippen LogP contribution in [0, 0.1) is 5.41 Å². The zero-order chi connectivity index (χ0) is 15.6. The van der Waals surface area contributed by atoms with Crippen LogP contribution >= 0.6 is 0 Å². The summed E-state index contributed by atoms with van der Waals surface area (Å²) in [4.78, 5) is 30.0. The van der Waals surface area contributed by atoms with Crippen LogP contribution in [0.25, 0.3) is 0 Å². The van der Waals surface area contributed by atoms with Gasteiger partial charge in [0.1, 0.15) is 0 Å². The van der Waals surface area contributed by atoms with Crippen molar-refractivity contribution >= 4 is 12.0 Å². The molecule has 2 rings (SSSR count). The number of piperazine rings is 1. The smallest absolute Gasteiger partial charge is 0.320 e. The maximum Gasteiger partial charge on any atom is 0.320 e. The number of carbonyl (C=O) groups is 2. The van der Waals surface area contributed by atoms with Crippen LogP contribution in [0.1, 0.15) is 33.6 Å². The van der Waals surface area contributed by atoms with Crippen molar-refractivity contribution in [3.63, 3.8) is 0 Å². The van der Waals surface area contributed by atoms with Gasteiger partial charge in [-0.15, -0.1) is 0 Å².